The average Bonchev–Trinajstić information content (AvgIpc) is 2.36. The Morgan fingerprint density at radius 3 is 2.65 bits per heavy atom. The van der Waals surface area contributed by atoms with Crippen molar-refractivity contribution in [3.8, 4) is 5.75 Å². The fraction of sp³-hybridized carbons (Fsp3) is 0.462. The molecule has 0 aliphatic carbocycles. The Morgan fingerprint density at radius 1 is 1.29 bits per heavy atom. The largest absolute Gasteiger partial charge is 0.467 e. The molecule has 0 saturated heterocycles. The number of aryl methyl sites for hydroxylation is 1. The van der Waals surface area contributed by atoms with E-state index in [1.165, 1.54) is 14.2 Å². The van der Waals surface area contributed by atoms with Crippen molar-refractivity contribution in [1.82, 2.24) is 0 Å². The van der Waals surface area contributed by atoms with Crippen molar-refractivity contribution in [2.24, 2.45) is 0 Å². The molecule has 1 aromatic carbocycles. The van der Waals surface area contributed by atoms with E-state index in [4.69, 9.17) is 14.2 Å². The van der Waals surface area contributed by atoms with E-state index < -0.39 is 5.97 Å². The number of ether oxygens (including phenoxy) is 3. The van der Waals surface area contributed by atoms with Gasteiger partial charge < -0.3 is 14.2 Å². The monoisotopic (exact) mass is 238 g/mol. The van der Waals surface area contributed by atoms with Gasteiger partial charge in [0.15, 0.2) is 6.79 Å². The van der Waals surface area contributed by atoms with E-state index in [2.05, 4.69) is 6.92 Å². The number of esters is 1. The lowest BCUT2D eigenvalue weighted by molar-refractivity contribution is 0.0465. The van der Waals surface area contributed by atoms with Crippen LogP contribution in [0.15, 0.2) is 18.2 Å². The van der Waals surface area contributed by atoms with Gasteiger partial charge in [-0.3, -0.25) is 0 Å². The van der Waals surface area contributed by atoms with Gasteiger partial charge in [-0.1, -0.05) is 19.4 Å². The summed E-state index contributed by atoms with van der Waals surface area (Å²) in [5.41, 5.74) is 1.54. The number of methoxy groups -OCH3 is 2. The molecule has 0 radical (unpaired) electrons. The first-order valence-corrected chi connectivity index (χ1v) is 5.55. The summed E-state index contributed by atoms with van der Waals surface area (Å²) >= 11 is 0. The maximum atomic E-state index is 11.6. The van der Waals surface area contributed by atoms with Gasteiger partial charge in [0.25, 0.3) is 0 Å². The molecule has 0 amide bonds. The molecule has 0 aromatic heterocycles. The summed E-state index contributed by atoms with van der Waals surface area (Å²) in [6.45, 7) is 2.20. The SMILES string of the molecule is CCCc1ccc(OCOC)c(C(=O)OC)c1. The molecule has 4 heteroatoms. The number of benzene rings is 1. The Bertz CT molecular complexity index is 374. The summed E-state index contributed by atoms with van der Waals surface area (Å²) in [7, 11) is 2.89. The Hall–Kier alpha value is -1.55. The van der Waals surface area contributed by atoms with Crippen LogP contribution >= 0.6 is 0 Å². The van der Waals surface area contributed by atoms with E-state index in [1.807, 2.05) is 6.07 Å². The zero-order chi connectivity index (χ0) is 12.7. The van der Waals surface area contributed by atoms with Crippen LogP contribution in [0, 0.1) is 0 Å². The minimum Gasteiger partial charge on any atom is -0.467 e. The second-order valence-corrected chi connectivity index (χ2v) is 3.62. The van der Waals surface area contributed by atoms with Crippen molar-refractivity contribution in [1.29, 1.82) is 0 Å². The van der Waals surface area contributed by atoms with Crippen molar-refractivity contribution in [2.45, 2.75) is 19.8 Å². The highest BCUT2D eigenvalue weighted by Gasteiger charge is 2.13. The highest BCUT2D eigenvalue weighted by Crippen LogP contribution is 2.22. The van der Waals surface area contributed by atoms with Crippen LogP contribution in [0.5, 0.6) is 5.75 Å². The maximum Gasteiger partial charge on any atom is 0.341 e. The number of rotatable bonds is 6. The molecule has 0 unspecified atom stereocenters. The van der Waals surface area contributed by atoms with E-state index in [0.717, 1.165) is 18.4 Å². The van der Waals surface area contributed by atoms with Crippen LogP contribution in [0.2, 0.25) is 0 Å². The van der Waals surface area contributed by atoms with Crippen LogP contribution in [0.4, 0.5) is 0 Å². The molecule has 0 atom stereocenters. The Labute approximate surface area is 101 Å². The predicted molar refractivity (Wildman–Crippen MR) is 64.3 cm³/mol. The van der Waals surface area contributed by atoms with Crippen molar-refractivity contribution in [3.63, 3.8) is 0 Å². The van der Waals surface area contributed by atoms with Crippen LogP contribution in [0.25, 0.3) is 0 Å². The first-order valence-electron chi connectivity index (χ1n) is 5.55. The minimum absolute atomic E-state index is 0.108. The smallest absolute Gasteiger partial charge is 0.341 e. The van der Waals surface area contributed by atoms with Crippen molar-refractivity contribution < 1.29 is 19.0 Å². The topological polar surface area (TPSA) is 44.8 Å². The van der Waals surface area contributed by atoms with Gasteiger partial charge in [0, 0.05) is 7.11 Å². The van der Waals surface area contributed by atoms with Crippen LogP contribution in [0.3, 0.4) is 0 Å². The molecule has 1 rings (SSSR count). The van der Waals surface area contributed by atoms with Crippen LogP contribution < -0.4 is 4.74 Å². The number of hydrogen-bond donors (Lipinski definition) is 0. The molecule has 0 spiro atoms. The molecule has 0 heterocycles. The Balaban J connectivity index is 2.98. The predicted octanol–water partition coefficient (Wildman–Crippen LogP) is 2.41. The Kier molecular flexibility index (Phi) is 5.49. The molecule has 94 valence electrons. The molecule has 0 saturated carbocycles. The summed E-state index contributed by atoms with van der Waals surface area (Å²) in [4.78, 5) is 11.6. The second kappa shape index (κ2) is 6.91. The minimum atomic E-state index is -0.394. The van der Waals surface area contributed by atoms with Gasteiger partial charge >= 0.3 is 5.97 Å². The van der Waals surface area contributed by atoms with Gasteiger partial charge in [-0.25, -0.2) is 4.79 Å². The van der Waals surface area contributed by atoms with Gasteiger partial charge in [0.05, 0.1) is 7.11 Å². The molecule has 1 aromatic rings. The summed E-state index contributed by atoms with van der Waals surface area (Å²) in [5, 5.41) is 0. The Morgan fingerprint density at radius 2 is 2.06 bits per heavy atom. The molecule has 17 heavy (non-hydrogen) atoms. The zero-order valence-corrected chi connectivity index (χ0v) is 10.5. The van der Waals surface area contributed by atoms with Crippen molar-refractivity contribution in [2.75, 3.05) is 21.0 Å². The van der Waals surface area contributed by atoms with Crippen LogP contribution in [-0.2, 0) is 15.9 Å². The molecule has 4 nitrogen and oxygen atoms in total. The van der Waals surface area contributed by atoms with Gasteiger partial charge in [-0.05, 0) is 24.1 Å². The van der Waals surface area contributed by atoms with Gasteiger partial charge in [0.1, 0.15) is 11.3 Å². The highest BCUT2D eigenvalue weighted by molar-refractivity contribution is 5.92. The number of hydrogen-bond acceptors (Lipinski definition) is 4. The fourth-order valence-electron chi connectivity index (χ4n) is 1.54. The lowest BCUT2D eigenvalue weighted by Gasteiger charge is -2.10. The summed E-state index contributed by atoms with van der Waals surface area (Å²) in [5.74, 6) is 0.0904. The second-order valence-electron chi connectivity index (χ2n) is 3.62. The molecule has 0 aliphatic heterocycles. The van der Waals surface area contributed by atoms with E-state index in [0.29, 0.717) is 11.3 Å². The number of carbonyl (C=O) groups is 1. The average molecular weight is 238 g/mol. The van der Waals surface area contributed by atoms with Gasteiger partial charge in [-0.15, -0.1) is 0 Å². The van der Waals surface area contributed by atoms with E-state index >= 15 is 0 Å². The van der Waals surface area contributed by atoms with E-state index in [1.54, 1.807) is 12.1 Å². The van der Waals surface area contributed by atoms with Crippen molar-refractivity contribution >= 4 is 5.97 Å². The zero-order valence-electron chi connectivity index (χ0n) is 10.5. The molecule has 0 fully saturated rings. The first kappa shape index (κ1) is 13.5. The third-order valence-corrected chi connectivity index (χ3v) is 2.32. The van der Waals surface area contributed by atoms with Crippen molar-refractivity contribution in [3.05, 3.63) is 29.3 Å². The molecular weight excluding hydrogens is 220 g/mol. The lowest BCUT2D eigenvalue weighted by Crippen LogP contribution is -2.08. The van der Waals surface area contributed by atoms with E-state index in [-0.39, 0.29) is 6.79 Å². The quantitative estimate of drug-likeness (QED) is 0.564. The standard InChI is InChI=1S/C13H18O4/c1-4-5-10-6-7-12(17-9-15-2)11(8-10)13(14)16-3/h6-8H,4-5,9H2,1-3H3. The number of carbonyl (C=O) groups excluding carboxylic acids is 1. The molecule has 0 aliphatic rings. The fourth-order valence-corrected chi connectivity index (χ4v) is 1.54. The van der Waals surface area contributed by atoms with E-state index in [9.17, 15) is 4.79 Å². The third-order valence-electron chi connectivity index (χ3n) is 2.32. The molecule has 0 N–H and O–H groups in total. The van der Waals surface area contributed by atoms with Gasteiger partial charge in [-0.2, -0.15) is 0 Å². The normalized spacial score (nSPS) is 10.1. The molecular formula is C13H18O4. The third kappa shape index (κ3) is 3.75. The van der Waals surface area contributed by atoms with Crippen LogP contribution in [-0.4, -0.2) is 27.0 Å². The van der Waals surface area contributed by atoms with Crippen LogP contribution in [0.1, 0.15) is 29.3 Å². The summed E-state index contributed by atoms with van der Waals surface area (Å²) in [6.07, 6.45) is 1.95. The molecule has 0 bridgehead atoms. The van der Waals surface area contributed by atoms with Gasteiger partial charge in [0.2, 0.25) is 0 Å². The summed E-state index contributed by atoms with van der Waals surface area (Å²) in [6, 6.07) is 5.53. The maximum absolute atomic E-state index is 11.6. The highest BCUT2D eigenvalue weighted by atomic mass is 16.7. The first-order chi connectivity index (χ1) is 8.22. The summed E-state index contributed by atoms with van der Waals surface area (Å²) < 4.78 is 14.9. The lowest BCUT2D eigenvalue weighted by atomic mass is 10.1.